The Bertz CT molecular complexity index is 1110. The first-order valence-electron chi connectivity index (χ1n) is 9.39. The maximum atomic E-state index is 12.6. The number of hydrogen-bond acceptors (Lipinski definition) is 2. The average molecular weight is 493 g/mol. The Hall–Kier alpha value is -2.93. The van der Waals surface area contributed by atoms with Crippen LogP contribution < -0.4 is 5.32 Å². The molecule has 0 saturated heterocycles. The summed E-state index contributed by atoms with van der Waals surface area (Å²) in [6.45, 7) is 1.11. The van der Waals surface area contributed by atoms with Crippen LogP contribution in [0.5, 0.6) is 0 Å². The minimum absolute atomic E-state index is 0.0789. The molecule has 1 N–H and O–H groups in total. The molecule has 3 aromatic carbocycles. The van der Waals surface area contributed by atoms with Crippen molar-refractivity contribution in [2.75, 3.05) is 0 Å². The van der Waals surface area contributed by atoms with Crippen molar-refractivity contribution in [2.45, 2.75) is 13.1 Å². The lowest BCUT2D eigenvalue weighted by Gasteiger charge is -2.07. The molecule has 1 aromatic heterocycles. The van der Waals surface area contributed by atoms with Crippen LogP contribution in [0.4, 0.5) is 0 Å². The van der Waals surface area contributed by atoms with Gasteiger partial charge in [-0.2, -0.15) is 5.10 Å². The molecule has 0 atom stereocenters. The Kier molecular flexibility index (Phi) is 6.05. The van der Waals surface area contributed by atoms with Crippen LogP contribution in [0.1, 0.15) is 21.5 Å². The van der Waals surface area contributed by atoms with Crippen LogP contribution in [0.15, 0.2) is 91.1 Å². The molecular weight excluding hydrogens is 473 g/mol. The maximum Gasteiger partial charge on any atom is 0.252 e. The highest BCUT2D eigenvalue weighted by atomic mass is 127. The molecule has 5 heteroatoms. The molecule has 4 aromatic rings. The first-order chi connectivity index (χ1) is 14.2. The summed E-state index contributed by atoms with van der Waals surface area (Å²) in [6, 6.07) is 27.9. The van der Waals surface area contributed by atoms with Crippen LogP contribution in [0.25, 0.3) is 11.3 Å². The maximum absolute atomic E-state index is 12.6. The first kappa shape index (κ1) is 19.4. The topological polar surface area (TPSA) is 46.9 Å². The Labute approximate surface area is 183 Å². The number of carbonyl (C=O) groups is 1. The van der Waals surface area contributed by atoms with Gasteiger partial charge in [-0.05, 0) is 40.3 Å². The number of nitrogens with zero attached hydrogens (tertiary/aromatic N) is 2. The van der Waals surface area contributed by atoms with Crippen LogP contribution in [-0.2, 0) is 13.1 Å². The SMILES string of the molecule is O=C(NCc1cn(Cc2ccccc2)nc1-c1ccccc1)c1ccccc1I. The molecule has 1 amide bonds. The number of hydrogen-bond donors (Lipinski definition) is 1. The summed E-state index contributed by atoms with van der Waals surface area (Å²) < 4.78 is 2.87. The van der Waals surface area contributed by atoms with E-state index in [1.165, 1.54) is 5.56 Å². The summed E-state index contributed by atoms with van der Waals surface area (Å²) in [4.78, 5) is 12.6. The number of aromatic nitrogens is 2. The van der Waals surface area contributed by atoms with Crippen molar-refractivity contribution in [1.29, 1.82) is 0 Å². The number of carbonyl (C=O) groups excluding carboxylic acids is 1. The van der Waals surface area contributed by atoms with Gasteiger partial charge in [0.15, 0.2) is 0 Å². The lowest BCUT2D eigenvalue weighted by molar-refractivity contribution is 0.0950. The predicted octanol–water partition coefficient (Wildman–Crippen LogP) is 5.13. The molecule has 0 aliphatic rings. The Balaban J connectivity index is 1.59. The molecule has 0 saturated carbocycles. The third-order valence-corrected chi connectivity index (χ3v) is 5.57. The molecule has 0 fully saturated rings. The second-order valence-corrected chi connectivity index (χ2v) is 7.88. The fourth-order valence-electron chi connectivity index (χ4n) is 3.20. The molecule has 29 heavy (non-hydrogen) atoms. The molecule has 0 unspecified atom stereocenters. The highest BCUT2D eigenvalue weighted by Gasteiger charge is 2.14. The van der Waals surface area contributed by atoms with E-state index in [1.54, 1.807) is 0 Å². The van der Waals surface area contributed by atoms with Gasteiger partial charge in [0, 0.05) is 27.4 Å². The number of amides is 1. The van der Waals surface area contributed by atoms with E-state index in [0.717, 1.165) is 20.4 Å². The summed E-state index contributed by atoms with van der Waals surface area (Å²) in [5, 5.41) is 7.85. The number of halogens is 1. The molecule has 0 radical (unpaired) electrons. The third-order valence-electron chi connectivity index (χ3n) is 4.63. The van der Waals surface area contributed by atoms with Gasteiger partial charge in [-0.15, -0.1) is 0 Å². The highest BCUT2D eigenvalue weighted by molar-refractivity contribution is 14.1. The quantitative estimate of drug-likeness (QED) is 0.379. The predicted molar refractivity (Wildman–Crippen MR) is 124 cm³/mol. The zero-order valence-electron chi connectivity index (χ0n) is 15.8. The highest BCUT2D eigenvalue weighted by Crippen LogP contribution is 2.22. The van der Waals surface area contributed by atoms with Crippen molar-refractivity contribution in [3.63, 3.8) is 0 Å². The molecule has 0 aliphatic heterocycles. The van der Waals surface area contributed by atoms with Gasteiger partial charge in [0.1, 0.15) is 0 Å². The van der Waals surface area contributed by atoms with Gasteiger partial charge < -0.3 is 5.32 Å². The van der Waals surface area contributed by atoms with Crippen molar-refractivity contribution in [2.24, 2.45) is 0 Å². The van der Waals surface area contributed by atoms with Crippen molar-refractivity contribution >= 4 is 28.5 Å². The number of rotatable bonds is 6. The second-order valence-electron chi connectivity index (χ2n) is 6.71. The molecule has 0 bridgehead atoms. The van der Waals surface area contributed by atoms with Crippen LogP contribution in [0.3, 0.4) is 0 Å². The zero-order chi connectivity index (χ0) is 20.1. The molecule has 144 valence electrons. The summed E-state index contributed by atoms with van der Waals surface area (Å²) in [7, 11) is 0. The van der Waals surface area contributed by atoms with E-state index in [9.17, 15) is 4.79 Å². The third kappa shape index (κ3) is 4.74. The van der Waals surface area contributed by atoms with Crippen LogP contribution >= 0.6 is 22.6 Å². The van der Waals surface area contributed by atoms with E-state index in [-0.39, 0.29) is 5.91 Å². The van der Waals surface area contributed by atoms with Gasteiger partial charge in [0.25, 0.3) is 5.91 Å². The Morgan fingerprint density at radius 2 is 1.55 bits per heavy atom. The van der Waals surface area contributed by atoms with Gasteiger partial charge in [0.2, 0.25) is 0 Å². The van der Waals surface area contributed by atoms with E-state index in [1.807, 2.05) is 83.7 Å². The lowest BCUT2D eigenvalue weighted by Crippen LogP contribution is -2.23. The monoisotopic (exact) mass is 493 g/mol. The summed E-state index contributed by atoms with van der Waals surface area (Å²) >= 11 is 2.19. The zero-order valence-corrected chi connectivity index (χ0v) is 17.9. The minimum atomic E-state index is -0.0789. The summed E-state index contributed by atoms with van der Waals surface area (Å²) in [5.74, 6) is -0.0789. The summed E-state index contributed by atoms with van der Waals surface area (Å²) in [6.07, 6.45) is 2.02. The fraction of sp³-hybridized carbons (Fsp3) is 0.0833. The fourth-order valence-corrected chi connectivity index (χ4v) is 3.83. The molecule has 4 nitrogen and oxygen atoms in total. The first-order valence-corrected chi connectivity index (χ1v) is 10.5. The Morgan fingerprint density at radius 1 is 0.897 bits per heavy atom. The Morgan fingerprint density at radius 3 is 2.28 bits per heavy atom. The van der Waals surface area contributed by atoms with E-state index in [2.05, 4.69) is 40.0 Å². The lowest BCUT2D eigenvalue weighted by atomic mass is 10.1. The minimum Gasteiger partial charge on any atom is -0.348 e. The van der Waals surface area contributed by atoms with E-state index in [4.69, 9.17) is 5.10 Å². The largest absolute Gasteiger partial charge is 0.348 e. The van der Waals surface area contributed by atoms with Crippen molar-refractivity contribution in [3.05, 3.63) is 111 Å². The van der Waals surface area contributed by atoms with Crippen LogP contribution in [-0.4, -0.2) is 15.7 Å². The average Bonchev–Trinajstić information content (AvgIpc) is 3.16. The normalized spacial score (nSPS) is 10.7. The molecule has 1 heterocycles. The molecule has 0 spiro atoms. The van der Waals surface area contributed by atoms with E-state index < -0.39 is 0 Å². The van der Waals surface area contributed by atoms with Gasteiger partial charge in [0.05, 0.1) is 17.8 Å². The van der Waals surface area contributed by atoms with E-state index in [0.29, 0.717) is 18.7 Å². The second kappa shape index (κ2) is 9.05. The van der Waals surface area contributed by atoms with E-state index >= 15 is 0 Å². The molecule has 0 aliphatic carbocycles. The van der Waals surface area contributed by atoms with Crippen molar-refractivity contribution in [1.82, 2.24) is 15.1 Å². The van der Waals surface area contributed by atoms with Crippen molar-refractivity contribution < 1.29 is 4.79 Å². The van der Waals surface area contributed by atoms with Crippen LogP contribution in [0.2, 0.25) is 0 Å². The smallest absolute Gasteiger partial charge is 0.252 e. The number of nitrogens with one attached hydrogen (secondary N) is 1. The van der Waals surface area contributed by atoms with Gasteiger partial charge in [-0.25, -0.2) is 0 Å². The van der Waals surface area contributed by atoms with Gasteiger partial charge >= 0.3 is 0 Å². The molecule has 4 rings (SSSR count). The standard InChI is InChI=1S/C24H20IN3O/c25-22-14-8-7-13-21(22)24(29)26-15-20-17-28(16-18-9-3-1-4-10-18)27-23(20)19-11-5-2-6-12-19/h1-14,17H,15-16H2,(H,26,29). The van der Waals surface area contributed by atoms with Crippen molar-refractivity contribution in [3.8, 4) is 11.3 Å². The molecular formula is C24H20IN3O. The van der Waals surface area contributed by atoms with Gasteiger partial charge in [-0.1, -0.05) is 72.8 Å². The van der Waals surface area contributed by atoms with Gasteiger partial charge in [-0.3, -0.25) is 9.48 Å². The number of benzene rings is 3. The van der Waals surface area contributed by atoms with Crippen LogP contribution in [0, 0.1) is 3.57 Å². The summed E-state index contributed by atoms with van der Waals surface area (Å²) in [5.41, 5.74) is 4.80.